The van der Waals surface area contributed by atoms with E-state index >= 15 is 0 Å². The Kier molecular flexibility index (Phi) is 5.66. The van der Waals surface area contributed by atoms with E-state index in [1.54, 1.807) is 6.92 Å². The number of benzene rings is 1. The third-order valence-electron chi connectivity index (χ3n) is 2.98. The predicted molar refractivity (Wildman–Crippen MR) is 80.5 cm³/mol. The second-order valence-electron chi connectivity index (χ2n) is 5.52. The summed E-state index contributed by atoms with van der Waals surface area (Å²) in [6.07, 6.45) is 0. The third kappa shape index (κ3) is 4.71. The maximum atomic E-state index is 11.7. The van der Waals surface area contributed by atoms with Crippen molar-refractivity contribution >= 4 is 17.3 Å². The molecule has 1 amide bonds. The molecule has 21 heavy (non-hydrogen) atoms. The zero-order valence-electron chi connectivity index (χ0n) is 12.5. The molecule has 0 saturated heterocycles. The van der Waals surface area contributed by atoms with E-state index in [9.17, 15) is 20.0 Å². The molecule has 0 spiro atoms. The van der Waals surface area contributed by atoms with Gasteiger partial charge in [0.25, 0.3) is 11.6 Å². The highest BCUT2D eigenvalue weighted by Crippen LogP contribution is 2.27. The average molecular weight is 295 g/mol. The Balaban J connectivity index is 3.00. The zero-order chi connectivity index (χ0) is 16.0. The van der Waals surface area contributed by atoms with Crippen LogP contribution in [-0.2, 0) is 0 Å². The molecule has 0 aliphatic carbocycles. The van der Waals surface area contributed by atoms with E-state index in [2.05, 4.69) is 10.6 Å². The summed E-state index contributed by atoms with van der Waals surface area (Å²) in [6.45, 7) is 6.26. The summed E-state index contributed by atoms with van der Waals surface area (Å²) >= 11 is 0. The fourth-order valence-corrected chi connectivity index (χ4v) is 1.63. The van der Waals surface area contributed by atoms with Crippen LogP contribution >= 0.6 is 0 Å². The lowest BCUT2D eigenvalue weighted by Crippen LogP contribution is -2.27. The van der Waals surface area contributed by atoms with Crippen molar-refractivity contribution in [3.05, 3.63) is 33.9 Å². The Morgan fingerprint density at radius 2 is 2.10 bits per heavy atom. The van der Waals surface area contributed by atoms with Crippen molar-refractivity contribution in [2.75, 3.05) is 25.0 Å². The smallest absolute Gasteiger partial charge is 0.293 e. The standard InChI is InChI=1S/C14H21N3O4/c1-4-15-13(19)10-5-6-11(12(7-10)17(20)21)16-8-14(2,3)9-18/h5-7,16,18H,4,8-9H2,1-3H3,(H,15,19). The lowest BCUT2D eigenvalue weighted by molar-refractivity contribution is -0.384. The highest BCUT2D eigenvalue weighted by molar-refractivity contribution is 5.95. The van der Waals surface area contributed by atoms with E-state index in [0.717, 1.165) is 0 Å². The molecule has 0 saturated carbocycles. The van der Waals surface area contributed by atoms with E-state index in [1.807, 2.05) is 13.8 Å². The number of rotatable bonds is 7. The van der Waals surface area contributed by atoms with Crippen LogP contribution in [0.25, 0.3) is 0 Å². The molecule has 7 heteroatoms. The van der Waals surface area contributed by atoms with Gasteiger partial charge in [-0.05, 0) is 19.1 Å². The summed E-state index contributed by atoms with van der Waals surface area (Å²) in [5, 5.41) is 25.9. The van der Waals surface area contributed by atoms with Crippen LogP contribution in [0.2, 0.25) is 0 Å². The van der Waals surface area contributed by atoms with Gasteiger partial charge in [-0.2, -0.15) is 0 Å². The highest BCUT2D eigenvalue weighted by atomic mass is 16.6. The Bertz CT molecular complexity index is 529. The molecule has 0 heterocycles. The molecule has 0 fully saturated rings. The van der Waals surface area contributed by atoms with Gasteiger partial charge in [0.1, 0.15) is 5.69 Å². The SMILES string of the molecule is CCNC(=O)c1ccc(NCC(C)(C)CO)c([N+](=O)[O-])c1. The van der Waals surface area contributed by atoms with Gasteiger partial charge in [-0.1, -0.05) is 13.8 Å². The van der Waals surface area contributed by atoms with Crippen molar-refractivity contribution in [3.63, 3.8) is 0 Å². The maximum absolute atomic E-state index is 11.7. The van der Waals surface area contributed by atoms with Crippen molar-refractivity contribution in [1.29, 1.82) is 0 Å². The van der Waals surface area contributed by atoms with E-state index < -0.39 is 10.3 Å². The molecule has 1 aromatic rings. The summed E-state index contributed by atoms with van der Waals surface area (Å²) in [7, 11) is 0. The number of hydrogen-bond donors (Lipinski definition) is 3. The topological polar surface area (TPSA) is 104 Å². The lowest BCUT2D eigenvalue weighted by Gasteiger charge is -2.22. The van der Waals surface area contributed by atoms with Gasteiger partial charge in [-0.15, -0.1) is 0 Å². The molecule has 7 nitrogen and oxygen atoms in total. The summed E-state index contributed by atoms with van der Waals surface area (Å²) in [4.78, 5) is 22.3. The summed E-state index contributed by atoms with van der Waals surface area (Å²) < 4.78 is 0. The largest absolute Gasteiger partial charge is 0.396 e. The predicted octanol–water partition coefficient (Wildman–Crippen LogP) is 1.77. The number of hydrogen-bond acceptors (Lipinski definition) is 5. The Labute approximate surface area is 123 Å². The summed E-state index contributed by atoms with van der Waals surface area (Å²) in [5.41, 5.74) is 0.0177. The minimum atomic E-state index is -0.531. The van der Waals surface area contributed by atoms with Crippen molar-refractivity contribution < 1.29 is 14.8 Å². The molecule has 0 aliphatic heterocycles. The van der Waals surface area contributed by atoms with Crippen molar-refractivity contribution in [3.8, 4) is 0 Å². The molecule has 1 rings (SSSR count). The second-order valence-corrected chi connectivity index (χ2v) is 5.52. The van der Waals surface area contributed by atoms with Gasteiger partial charge in [0.05, 0.1) is 4.92 Å². The monoisotopic (exact) mass is 295 g/mol. The minimum absolute atomic E-state index is 0.0369. The molecule has 0 unspecified atom stereocenters. The number of aliphatic hydroxyl groups is 1. The van der Waals surface area contributed by atoms with E-state index in [-0.39, 0.29) is 23.8 Å². The number of carbonyl (C=O) groups is 1. The Morgan fingerprint density at radius 1 is 1.43 bits per heavy atom. The van der Waals surface area contributed by atoms with Gasteiger partial charge >= 0.3 is 0 Å². The molecular weight excluding hydrogens is 274 g/mol. The first-order chi connectivity index (χ1) is 9.80. The molecule has 116 valence electrons. The van der Waals surface area contributed by atoms with E-state index in [1.165, 1.54) is 18.2 Å². The van der Waals surface area contributed by atoms with Crippen LogP contribution in [-0.4, -0.2) is 35.6 Å². The molecule has 0 aliphatic rings. The van der Waals surface area contributed by atoms with Crippen LogP contribution in [0.1, 0.15) is 31.1 Å². The highest BCUT2D eigenvalue weighted by Gasteiger charge is 2.21. The van der Waals surface area contributed by atoms with Crippen LogP contribution in [0, 0.1) is 15.5 Å². The fourth-order valence-electron chi connectivity index (χ4n) is 1.63. The maximum Gasteiger partial charge on any atom is 0.293 e. The lowest BCUT2D eigenvalue weighted by atomic mass is 9.95. The van der Waals surface area contributed by atoms with Gasteiger partial charge in [0, 0.05) is 36.7 Å². The molecule has 1 aromatic carbocycles. The number of nitro groups is 1. The number of carbonyl (C=O) groups excluding carboxylic acids is 1. The molecule has 0 aromatic heterocycles. The number of anilines is 1. The van der Waals surface area contributed by atoms with Gasteiger partial charge in [-0.3, -0.25) is 14.9 Å². The van der Waals surface area contributed by atoms with Gasteiger partial charge < -0.3 is 15.7 Å². The van der Waals surface area contributed by atoms with Crippen LogP contribution in [0.5, 0.6) is 0 Å². The van der Waals surface area contributed by atoms with Crippen LogP contribution in [0.3, 0.4) is 0 Å². The number of nitrogens with zero attached hydrogens (tertiary/aromatic N) is 1. The summed E-state index contributed by atoms with van der Waals surface area (Å²) in [6, 6.07) is 4.29. The van der Waals surface area contributed by atoms with Crippen molar-refractivity contribution in [1.82, 2.24) is 5.32 Å². The normalized spacial score (nSPS) is 11.0. The molecule has 0 bridgehead atoms. The van der Waals surface area contributed by atoms with Gasteiger partial charge in [0.2, 0.25) is 0 Å². The number of amides is 1. The quantitative estimate of drug-likeness (QED) is 0.525. The average Bonchev–Trinajstić information content (AvgIpc) is 2.45. The number of aliphatic hydroxyl groups excluding tert-OH is 1. The Hall–Kier alpha value is -2.15. The molecule has 0 atom stereocenters. The molecular formula is C14H21N3O4. The van der Waals surface area contributed by atoms with Crippen molar-refractivity contribution in [2.45, 2.75) is 20.8 Å². The van der Waals surface area contributed by atoms with Crippen molar-refractivity contribution in [2.24, 2.45) is 5.41 Å². The van der Waals surface area contributed by atoms with E-state index in [0.29, 0.717) is 18.8 Å². The second kappa shape index (κ2) is 7.03. The number of nitrogens with one attached hydrogen (secondary N) is 2. The Morgan fingerprint density at radius 3 is 2.62 bits per heavy atom. The van der Waals surface area contributed by atoms with Crippen LogP contribution in [0.15, 0.2) is 18.2 Å². The molecule has 0 radical (unpaired) electrons. The van der Waals surface area contributed by atoms with Gasteiger partial charge in [0.15, 0.2) is 0 Å². The first kappa shape index (κ1) is 16.9. The number of nitro benzene ring substituents is 1. The van der Waals surface area contributed by atoms with Crippen LogP contribution < -0.4 is 10.6 Å². The summed E-state index contributed by atoms with van der Waals surface area (Å²) in [5.74, 6) is -0.345. The molecule has 3 N–H and O–H groups in total. The van der Waals surface area contributed by atoms with Gasteiger partial charge in [-0.25, -0.2) is 0 Å². The first-order valence-corrected chi connectivity index (χ1v) is 6.72. The zero-order valence-corrected chi connectivity index (χ0v) is 12.5. The fraction of sp³-hybridized carbons (Fsp3) is 0.500. The first-order valence-electron chi connectivity index (χ1n) is 6.72. The van der Waals surface area contributed by atoms with E-state index in [4.69, 9.17) is 0 Å². The third-order valence-corrected chi connectivity index (χ3v) is 2.98. The van der Waals surface area contributed by atoms with Crippen LogP contribution in [0.4, 0.5) is 11.4 Å². The minimum Gasteiger partial charge on any atom is -0.396 e.